The van der Waals surface area contributed by atoms with E-state index in [0.717, 1.165) is 37.0 Å². The molecule has 1 aromatic rings. The molecule has 1 aliphatic rings. The molecule has 0 bridgehead atoms. The minimum absolute atomic E-state index is 0.0424. The summed E-state index contributed by atoms with van der Waals surface area (Å²) in [6.45, 7) is 1.84. The largest absolute Gasteiger partial charge is 0.483 e. The Morgan fingerprint density at radius 1 is 1.42 bits per heavy atom. The zero-order chi connectivity index (χ0) is 13.7. The van der Waals surface area contributed by atoms with Gasteiger partial charge in [-0.2, -0.15) is 5.10 Å². The van der Waals surface area contributed by atoms with E-state index in [1.54, 1.807) is 18.2 Å². The van der Waals surface area contributed by atoms with Gasteiger partial charge in [0.05, 0.1) is 0 Å². The molecule has 19 heavy (non-hydrogen) atoms. The molecule has 0 spiro atoms. The smallest absolute Gasteiger partial charge is 0.277 e. The number of hydrogen-bond donors (Lipinski definition) is 1. The van der Waals surface area contributed by atoms with Gasteiger partial charge in [-0.25, -0.2) is 5.43 Å². The lowest BCUT2D eigenvalue weighted by Crippen LogP contribution is -2.25. The van der Waals surface area contributed by atoms with Gasteiger partial charge in [-0.15, -0.1) is 0 Å². The summed E-state index contributed by atoms with van der Waals surface area (Å²) in [6, 6.07) is 5.29. The third kappa shape index (κ3) is 4.24. The average Bonchev–Trinajstić information content (AvgIpc) is 2.88. The molecule has 5 heteroatoms. The van der Waals surface area contributed by atoms with E-state index < -0.39 is 0 Å². The van der Waals surface area contributed by atoms with E-state index in [9.17, 15) is 4.79 Å². The lowest BCUT2D eigenvalue weighted by Gasteiger charge is -2.08. The highest BCUT2D eigenvalue weighted by molar-refractivity contribution is 6.30. The standard InChI is InChI=1S/C14H17ClN2O2/c1-10-8-11(15)6-7-13(10)19-9-14(18)17-16-12-4-2-3-5-12/h6-8H,2-5,9H2,1H3,(H,17,18). The molecular formula is C14H17ClN2O2. The quantitative estimate of drug-likeness (QED) is 0.862. The first-order valence-corrected chi connectivity index (χ1v) is 6.76. The molecule has 1 N–H and O–H groups in total. The first-order valence-electron chi connectivity index (χ1n) is 6.38. The van der Waals surface area contributed by atoms with Crippen LogP contribution in [0.5, 0.6) is 5.75 Å². The van der Waals surface area contributed by atoms with Gasteiger partial charge < -0.3 is 4.74 Å². The van der Waals surface area contributed by atoms with Crippen LogP contribution in [0.15, 0.2) is 23.3 Å². The fourth-order valence-corrected chi connectivity index (χ4v) is 2.21. The molecule has 1 aliphatic carbocycles. The third-order valence-electron chi connectivity index (χ3n) is 3.02. The normalized spacial score (nSPS) is 14.3. The van der Waals surface area contributed by atoms with E-state index in [0.29, 0.717) is 10.8 Å². The first-order chi connectivity index (χ1) is 9.15. The van der Waals surface area contributed by atoms with Crippen molar-refractivity contribution in [3.8, 4) is 5.75 Å². The molecule has 2 rings (SSSR count). The number of hydrogen-bond acceptors (Lipinski definition) is 3. The molecule has 0 aliphatic heterocycles. The minimum atomic E-state index is -0.242. The number of ether oxygens (including phenoxy) is 1. The fourth-order valence-electron chi connectivity index (χ4n) is 1.99. The highest BCUT2D eigenvalue weighted by Crippen LogP contribution is 2.21. The second-order valence-electron chi connectivity index (χ2n) is 4.62. The number of benzene rings is 1. The summed E-state index contributed by atoms with van der Waals surface area (Å²) in [6.07, 6.45) is 4.29. The molecule has 4 nitrogen and oxygen atoms in total. The predicted octanol–water partition coefficient (Wildman–Crippen LogP) is 3.07. The van der Waals surface area contributed by atoms with Gasteiger partial charge in [0, 0.05) is 10.7 Å². The van der Waals surface area contributed by atoms with Crippen LogP contribution < -0.4 is 10.2 Å². The van der Waals surface area contributed by atoms with Crippen molar-refractivity contribution in [1.82, 2.24) is 5.43 Å². The van der Waals surface area contributed by atoms with E-state index in [-0.39, 0.29) is 12.5 Å². The van der Waals surface area contributed by atoms with Crippen molar-refractivity contribution >= 4 is 23.2 Å². The Hall–Kier alpha value is -1.55. The highest BCUT2D eigenvalue weighted by atomic mass is 35.5. The first kappa shape index (κ1) is 13.9. The van der Waals surface area contributed by atoms with Gasteiger partial charge in [-0.1, -0.05) is 11.6 Å². The van der Waals surface area contributed by atoms with E-state index in [4.69, 9.17) is 16.3 Å². The maximum absolute atomic E-state index is 11.6. The van der Waals surface area contributed by atoms with Crippen molar-refractivity contribution < 1.29 is 9.53 Å². The zero-order valence-corrected chi connectivity index (χ0v) is 11.7. The summed E-state index contributed by atoms with van der Waals surface area (Å²) in [5.74, 6) is 0.418. The van der Waals surface area contributed by atoms with Crippen molar-refractivity contribution in [2.24, 2.45) is 5.10 Å². The lowest BCUT2D eigenvalue weighted by molar-refractivity contribution is -0.123. The van der Waals surface area contributed by atoms with Gasteiger partial charge in [0.25, 0.3) is 5.91 Å². The van der Waals surface area contributed by atoms with Gasteiger partial charge in [0.2, 0.25) is 0 Å². The topological polar surface area (TPSA) is 50.7 Å². The summed E-state index contributed by atoms with van der Waals surface area (Å²) in [7, 11) is 0. The number of nitrogens with one attached hydrogen (secondary N) is 1. The summed E-state index contributed by atoms with van der Waals surface area (Å²) < 4.78 is 5.43. The average molecular weight is 281 g/mol. The Labute approximate surface area is 117 Å². The Morgan fingerprint density at radius 3 is 2.84 bits per heavy atom. The van der Waals surface area contributed by atoms with E-state index >= 15 is 0 Å². The summed E-state index contributed by atoms with van der Waals surface area (Å²) in [5.41, 5.74) is 4.49. The Morgan fingerprint density at radius 2 is 2.16 bits per heavy atom. The van der Waals surface area contributed by atoms with Crippen LogP contribution in [0.1, 0.15) is 31.2 Å². The van der Waals surface area contributed by atoms with Crippen LogP contribution in [0.25, 0.3) is 0 Å². The Kier molecular flexibility index (Phi) is 4.80. The number of halogens is 1. The van der Waals surface area contributed by atoms with Crippen LogP contribution in [-0.2, 0) is 4.79 Å². The Balaban J connectivity index is 1.81. The van der Waals surface area contributed by atoms with Gasteiger partial charge in [0.1, 0.15) is 5.75 Å². The van der Waals surface area contributed by atoms with Crippen molar-refractivity contribution in [3.05, 3.63) is 28.8 Å². The molecule has 1 fully saturated rings. The third-order valence-corrected chi connectivity index (χ3v) is 3.25. The monoisotopic (exact) mass is 280 g/mol. The summed E-state index contributed by atoms with van der Waals surface area (Å²) >= 11 is 5.85. The molecule has 0 unspecified atom stereocenters. The van der Waals surface area contributed by atoms with Crippen molar-refractivity contribution in [1.29, 1.82) is 0 Å². The van der Waals surface area contributed by atoms with Crippen molar-refractivity contribution in [3.63, 3.8) is 0 Å². The second-order valence-corrected chi connectivity index (χ2v) is 5.06. The fraction of sp³-hybridized carbons (Fsp3) is 0.429. The second kappa shape index (κ2) is 6.57. The predicted molar refractivity (Wildman–Crippen MR) is 75.7 cm³/mol. The zero-order valence-electron chi connectivity index (χ0n) is 10.9. The van der Waals surface area contributed by atoms with Crippen LogP contribution in [0.3, 0.4) is 0 Å². The number of carbonyl (C=O) groups excluding carboxylic acids is 1. The molecule has 0 atom stereocenters. The maximum atomic E-state index is 11.6. The number of rotatable bonds is 4. The maximum Gasteiger partial charge on any atom is 0.277 e. The SMILES string of the molecule is Cc1cc(Cl)ccc1OCC(=O)NN=C1CCCC1. The van der Waals surface area contributed by atoms with Crippen LogP contribution in [0.4, 0.5) is 0 Å². The number of hydrazone groups is 1. The van der Waals surface area contributed by atoms with Gasteiger partial charge in [0.15, 0.2) is 6.61 Å². The van der Waals surface area contributed by atoms with Crippen LogP contribution in [0.2, 0.25) is 5.02 Å². The molecule has 0 saturated heterocycles. The summed E-state index contributed by atoms with van der Waals surface area (Å²) in [5, 5.41) is 4.74. The molecular weight excluding hydrogens is 264 g/mol. The van der Waals surface area contributed by atoms with Crippen molar-refractivity contribution in [2.45, 2.75) is 32.6 Å². The molecule has 1 saturated carbocycles. The van der Waals surface area contributed by atoms with Crippen molar-refractivity contribution in [2.75, 3.05) is 6.61 Å². The molecule has 102 valence electrons. The van der Waals surface area contributed by atoms with Crippen LogP contribution in [0, 0.1) is 6.92 Å². The van der Waals surface area contributed by atoms with Crippen LogP contribution in [-0.4, -0.2) is 18.2 Å². The molecule has 0 heterocycles. The van der Waals surface area contributed by atoms with Gasteiger partial charge in [-0.05, 0) is 56.4 Å². The molecule has 0 radical (unpaired) electrons. The van der Waals surface area contributed by atoms with Gasteiger partial charge >= 0.3 is 0 Å². The number of nitrogens with zero attached hydrogens (tertiary/aromatic N) is 1. The summed E-state index contributed by atoms with van der Waals surface area (Å²) in [4.78, 5) is 11.6. The molecule has 1 aromatic carbocycles. The van der Waals surface area contributed by atoms with Gasteiger partial charge in [-0.3, -0.25) is 4.79 Å². The number of carbonyl (C=O) groups is 1. The Bertz CT molecular complexity index is 492. The minimum Gasteiger partial charge on any atom is -0.483 e. The number of amides is 1. The lowest BCUT2D eigenvalue weighted by atomic mass is 10.2. The van der Waals surface area contributed by atoms with Crippen LogP contribution >= 0.6 is 11.6 Å². The van der Waals surface area contributed by atoms with E-state index in [1.165, 1.54) is 0 Å². The van der Waals surface area contributed by atoms with E-state index in [1.807, 2.05) is 6.92 Å². The molecule has 0 aromatic heterocycles. The number of aryl methyl sites for hydroxylation is 1. The highest BCUT2D eigenvalue weighted by Gasteiger charge is 2.09. The molecule has 1 amide bonds. The van der Waals surface area contributed by atoms with E-state index in [2.05, 4.69) is 10.5 Å².